The first kappa shape index (κ1) is 18.9. The van der Waals surface area contributed by atoms with Crippen LogP contribution in [0.5, 0.6) is 0 Å². The van der Waals surface area contributed by atoms with Crippen molar-refractivity contribution in [3.05, 3.63) is 54.6 Å². The van der Waals surface area contributed by atoms with E-state index >= 15 is 0 Å². The van der Waals surface area contributed by atoms with E-state index in [9.17, 15) is 0 Å². The Bertz CT molecular complexity index is 426. The second-order valence-corrected chi connectivity index (χ2v) is 10.7. The Balaban J connectivity index is 2.38. The Morgan fingerprint density at radius 1 is 1.09 bits per heavy atom. The number of benzene rings is 1. The van der Waals surface area contributed by atoms with Gasteiger partial charge in [-0.25, -0.2) is 0 Å². The standard InChI is InChI=1S/C20H32OSi/c1-5-19(16-17-20-13-10-9-11-14-20)15-12-18-21-22(6-2,7-3)8-4/h5,9-11,13-14,16-17,19H,1,6-8,12,15,18H2,2-4H3/b17-16+. The van der Waals surface area contributed by atoms with Crippen molar-refractivity contribution in [1.82, 2.24) is 0 Å². The molecule has 1 atom stereocenters. The Labute approximate surface area is 138 Å². The van der Waals surface area contributed by atoms with Crippen molar-refractivity contribution in [2.24, 2.45) is 5.92 Å². The monoisotopic (exact) mass is 316 g/mol. The van der Waals surface area contributed by atoms with Crippen LogP contribution in [0.4, 0.5) is 0 Å². The molecule has 0 aromatic heterocycles. The summed E-state index contributed by atoms with van der Waals surface area (Å²) in [4.78, 5) is 0. The molecule has 0 fully saturated rings. The molecule has 0 heterocycles. The molecule has 1 nitrogen and oxygen atoms in total. The summed E-state index contributed by atoms with van der Waals surface area (Å²) in [5.41, 5.74) is 1.25. The Kier molecular flexibility index (Phi) is 9.10. The molecule has 1 aromatic carbocycles. The molecule has 0 aliphatic rings. The molecule has 22 heavy (non-hydrogen) atoms. The maximum atomic E-state index is 6.32. The molecular formula is C20H32OSi. The van der Waals surface area contributed by atoms with Crippen LogP contribution in [-0.2, 0) is 4.43 Å². The van der Waals surface area contributed by atoms with E-state index in [-0.39, 0.29) is 0 Å². The summed E-state index contributed by atoms with van der Waals surface area (Å²) < 4.78 is 6.32. The highest BCUT2D eigenvalue weighted by Crippen LogP contribution is 2.22. The zero-order valence-corrected chi connectivity index (χ0v) is 15.6. The van der Waals surface area contributed by atoms with E-state index in [4.69, 9.17) is 4.43 Å². The summed E-state index contributed by atoms with van der Waals surface area (Å²) in [5, 5.41) is 0. The summed E-state index contributed by atoms with van der Waals surface area (Å²) in [7, 11) is -1.41. The van der Waals surface area contributed by atoms with Crippen LogP contribution >= 0.6 is 0 Å². The van der Waals surface area contributed by atoms with E-state index in [1.165, 1.54) is 23.7 Å². The van der Waals surface area contributed by atoms with Gasteiger partial charge in [-0.3, -0.25) is 0 Å². The van der Waals surface area contributed by atoms with Gasteiger partial charge in [-0.05, 0) is 42.5 Å². The lowest BCUT2D eigenvalue weighted by Gasteiger charge is -2.28. The Hall–Kier alpha value is -1.12. The first-order chi connectivity index (χ1) is 10.7. The number of rotatable bonds is 11. The average molecular weight is 317 g/mol. The van der Waals surface area contributed by atoms with Gasteiger partial charge in [0.1, 0.15) is 0 Å². The van der Waals surface area contributed by atoms with Gasteiger partial charge >= 0.3 is 0 Å². The minimum absolute atomic E-state index is 0.435. The second kappa shape index (κ2) is 10.6. The number of allylic oxidation sites excluding steroid dienone is 2. The molecule has 1 unspecified atom stereocenters. The molecular weight excluding hydrogens is 284 g/mol. The quantitative estimate of drug-likeness (QED) is 0.264. The third kappa shape index (κ3) is 6.33. The molecule has 0 N–H and O–H groups in total. The predicted octanol–water partition coefficient (Wildman–Crippen LogP) is 6.30. The third-order valence-electron chi connectivity index (χ3n) is 4.66. The number of hydrogen-bond donors (Lipinski definition) is 0. The van der Waals surface area contributed by atoms with Crippen LogP contribution in [0.1, 0.15) is 39.2 Å². The molecule has 0 aliphatic carbocycles. The summed E-state index contributed by atoms with van der Waals surface area (Å²) in [6.45, 7) is 11.7. The van der Waals surface area contributed by atoms with Crippen molar-refractivity contribution >= 4 is 14.4 Å². The van der Waals surface area contributed by atoms with E-state index < -0.39 is 8.32 Å². The van der Waals surface area contributed by atoms with E-state index in [0.29, 0.717) is 5.92 Å². The van der Waals surface area contributed by atoms with Gasteiger partial charge in [-0.15, -0.1) is 6.58 Å². The van der Waals surface area contributed by atoms with Crippen molar-refractivity contribution in [3.8, 4) is 0 Å². The van der Waals surface area contributed by atoms with E-state index in [0.717, 1.165) is 19.4 Å². The maximum Gasteiger partial charge on any atom is 0.191 e. The van der Waals surface area contributed by atoms with Crippen LogP contribution < -0.4 is 0 Å². The molecule has 0 radical (unpaired) electrons. The van der Waals surface area contributed by atoms with Gasteiger partial charge in [0.25, 0.3) is 0 Å². The fraction of sp³-hybridized carbons (Fsp3) is 0.500. The van der Waals surface area contributed by atoms with E-state index in [2.05, 4.69) is 63.8 Å². The summed E-state index contributed by atoms with van der Waals surface area (Å²) in [6.07, 6.45) is 8.73. The van der Waals surface area contributed by atoms with Crippen molar-refractivity contribution in [2.75, 3.05) is 6.61 Å². The normalized spacial score (nSPS) is 13.4. The summed E-state index contributed by atoms with van der Waals surface area (Å²) >= 11 is 0. The first-order valence-electron chi connectivity index (χ1n) is 8.69. The average Bonchev–Trinajstić information content (AvgIpc) is 2.59. The topological polar surface area (TPSA) is 9.23 Å². The van der Waals surface area contributed by atoms with Crippen LogP contribution in [0.25, 0.3) is 6.08 Å². The van der Waals surface area contributed by atoms with Gasteiger partial charge in [-0.1, -0.05) is 69.3 Å². The minimum Gasteiger partial charge on any atom is -0.417 e. The smallest absolute Gasteiger partial charge is 0.191 e. The fourth-order valence-corrected chi connectivity index (χ4v) is 5.45. The highest BCUT2D eigenvalue weighted by atomic mass is 28.4. The number of hydrogen-bond acceptors (Lipinski definition) is 1. The fourth-order valence-electron chi connectivity index (χ4n) is 2.76. The van der Waals surface area contributed by atoms with Crippen LogP contribution in [0.15, 0.2) is 49.1 Å². The molecule has 1 aromatic rings. The van der Waals surface area contributed by atoms with Gasteiger partial charge in [0, 0.05) is 6.61 Å². The lowest BCUT2D eigenvalue weighted by molar-refractivity contribution is 0.286. The zero-order valence-electron chi connectivity index (χ0n) is 14.6. The maximum absolute atomic E-state index is 6.32. The van der Waals surface area contributed by atoms with Crippen molar-refractivity contribution in [3.63, 3.8) is 0 Å². The van der Waals surface area contributed by atoms with Crippen LogP contribution in [-0.4, -0.2) is 14.9 Å². The molecule has 0 spiro atoms. The highest BCUT2D eigenvalue weighted by molar-refractivity contribution is 6.73. The van der Waals surface area contributed by atoms with Gasteiger partial charge in [0.2, 0.25) is 0 Å². The van der Waals surface area contributed by atoms with E-state index in [1.807, 2.05) is 12.1 Å². The molecule has 0 amide bonds. The highest BCUT2D eigenvalue weighted by Gasteiger charge is 2.28. The molecule has 2 heteroatoms. The van der Waals surface area contributed by atoms with Crippen molar-refractivity contribution in [2.45, 2.75) is 51.7 Å². The van der Waals surface area contributed by atoms with Gasteiger partial charge in [0.05, 0.1) is 0 Å². The molecule has 0 saturated heterocycles. The third-order valence-corrected chi connectivity index (χ3v) is 9.34. The second-order valence-electron chi connectivity index (χ2n) is 5.90. The largest absolute Gasteiger partial charge is 0.417 e. The molecule has 0 saturated carbocycles. The lowest BCUT2D eigenvalue weighted by atomic mass is 10.0. The predicted molar refractivity (Wildman–Crippen MR) is 102 cm³/mol. The molecule has 0 bridgehead atoms. The molecule has 122 valence electrons. The molecule has 0 aliphatic heterocycles. The lowest BCUT2D eigenvalue weighted by Crippen LogP contribution is -2.36. The first-order valence-corrected chi connectivity index (χ1v) is 11.2. The summed E-state index contributed by atoms with van der Waals surface area (Å²) in [6, 6.07) is 14.1. The van der Waals surface area contributed by atoms with Gasteiger partial charge < -0.3 is 4.43 Å². The minimum atomic E-state index is -1.41. The Morgan fingerprint density at radius 2 is 1.73 bits per heavy atom. The van der Waals surface area contributed by atoms with E-state index in [1.54, 1.807) is 0 Å². The SMILES string of the molecule is C=CC(/C=C/c1ccccc1)CCCO[Si](CC)(CC)CC. The Morgan fingerprint density at radius 3 is 2.27 bits per heavy atom. The van der Waals surface area contributed by atoms with Crippen molar-refractivity contribution in [1.29, 1.82) is 0 Å². The van der Waals surface area contributed by atoms with Gasteiger partial charge in [0.15, 0.2) is 8.32 Å². The van der Waals surface area contributed by atoms with Crippen LogP contribution in [0.2, 0.25) is 18.1 Å². The van der Waals surface area contributed by atoms with Gasteiger partial charge in [-0.2, -0.15) is 0 Å². The van der Waals surface area contributed by atoms with Crippen LogP contribution in [0, 0.1) is 5.92 Å². The summed E-state index contributed by atoms with van der Waals surface area (Å²) in [5.74, 6) is 0.435. The zero-order chi connectivity index (χ0) is 16.3. The molecule has 1 rings (SSSR count). The van der Waals surface area contributed by atoms with Crippen molar-refractivity contribution < 1.29 is 4.43 Å². The van der Waals surface area contributed by atoms with Crippen LogP contribution in [0.3, 0.4) is 0 Å².